The summed E-state index contributed by atoms with van der Waals surface area (Å²) in [4.78, 5) is 22.3. The maximum Gasteiger partial charge on any atom is 0.270 e. The van der Waals surface area contributed by atoms with Crippen molar-refractivity contribution < 1.29 is 14.2 Å². The van der Waals surface area contributed by atoms with E-state index in [9.17, 15) is 14.9 Å². The number of anilines is 1. The largest absolute Gasteiger partial charge is 0.338 e. The van der Waals surface area contributed by atoms with Gasteiger partial charge < -0.3 is 4.52 Å². The van der Waals surface area contributed by atoms with Crippen LogP contribution in [0.2, 0.25) is 0 Å². The normalized spacial score (nSPS) is 10.3. The lowest BCUT2D eigenvalue weighted by molar-refractivity contribution is -0.384. The summed E-state index contributed by atoms with van der Waals surface area (Å²) < 4.78 is 5.60. The van der Waals surface area contributed by atoms with Crippen molar-refractivity contribution in [2.75, 3.05) is 5.32 Å². The molecular formula is C12H10IN3O4. The zero-order chi connectivity index (χ0) is 14.9. The molecule has 0 aliphatic rings. The molecule has 0 aliphatic heterocycles. The molecule has 0 fully saturated rings. The van der Waals surface area contributed by atoms with Gasteiger partial charge in [0.25, 0.3) is 11.6 Å². The summed E-state index contributed by atoms with van der Waals surface area (Å²) in [6.07, 6.45) is 0. The Kier molecular flexibility index (Phi) is 4.02. The Balaban J connectivity index is 2.31. The van der Waals surface area contributed by atoms with Crippen LogP contribution in [0.25, 0.3) is 0 Å². The second kappa shape index (κ2) is 5.57. The van der Waals surface area contributed by atoms with E-state index < -0.39 is 10.8 Å². The van der Waals surface area contributed by atoms with Crippen LogP contribution in [0.4, 0.5) is 11.6 Å². The van der Waals surface area contributed by atoms with Crippen molar-refractivity contribution in [3.63, 3.8) is 0 Å². The zero-order valence-electron chi connectivity index (χ0n) is 10.6. The first-order valence-corrected chi connectivity index (χ1v) is 6.66. The molecule has 0 aliphatic carbocycles. The Morgan fingerprint density at radius 1 is 1.45 bits per heavy atom. The van der Waals surface area contributed by atoms with Gasteiger partial charge >= 0.3 is 0 Å². The third-order valence-electron chi connectivity index (χ3n) is 2.79. The first kappa shape index (κ1) is 14.4. The fraction of sp³-hybridized carbons (Fsp3) is 0.167. The average Bonchev–Trinajstić information content (AvgIpc) is 2.71. The number of amides is 1. The lowest BCUT2D eigenvalue weighted by Gasteiger charge is -2.04. The Morgan fingerprint density at radius 2 is 2.15 bits per heavy atom. The summed E-state index contributed by atoms with van der Waals surface area (Å²) in [6, 6.07) is 4.10. The van der Waals surface area contributed by atoms with Gasteiger partial charge in [-0.15, -0.1) is 0 Å². The van der Waals surface area contributed by atoms with Crippen LogP contribution in [-0.2, 0) is 0 Å². The van der Waals surface area contributed by atoms with Crippen molar-refractivity contribution in [2.45, 2.75) is 13.8 Å². The number of nitrogens with zero attached hydrogens (tertiary/aromatic N) is 2. The Hall–Kier alpha value is -1.97. The van der Waals surface area contributed by atoms with E-state index in [1.807, 2.05) is 22.6 Å². The molecule has 20 heavy (non-hydrogen) atoms. The second-order valence-electron chi connectivity index (χ2n) is 4.10. The summed E-state index contributed by atoms with van der Waals surface area (Å²) in [6.45, 7) is 3.52. The molecule has 1 aromatic carbocycles. The zero-order valence-corrected chi connectivity index (χ0v) is 12.8. The molecule has 2 aromatic rings. The smallest absolute Gasteiger partial charge is 0.270 e. The monoisotopic (exact) mass is 387 g/mol. The quantitative estimate of drug-likeness (QED) is 0.496. The van der Waals surface area contributed by atoms with E-state index in [1.165, 1.54) is 18.2 Å². The van der Waals surface area contributed by atoms with Crippen LogP contribution < -0.4 is 5.32 Å². The molecule has 8 heteroatoms. The molecule has 0 saturated heterocycles. The molecule has 0 unspecified atom stereocenters. The van der Waals surface area contributed by atoms with Gasteiger partial charge in [0, 0.05) is 21.3 Å². The van der Waals surface area contributed by atoms with E-state index in [0.717, 1.165) is 5.56 Å². The SMILES string of the molecule is Cc1noc(NC(=O)c2cc([N+](=O)[O-])ccc2I)c1C. The maximum atomic E-state index is 12.1. The predicted octanol–water partition coefficient (Wildman–Crippen LogP) is 3.06. The van der Waals surface area contributed by atoms with E-state index in [2.05, 4.69) is 10.5 Å². The van der Waals surface area contributed by atoms with Crippen LogP contribution in [0.3, 0.4) is 0 Å². The van der Waals surface area contributed by atoms with Gasteiger partial charge in [0.15, 0.2) is 0 Å². The van der Waals surface area contributed by atoms with Gasteiger partial charge in [-0.25, -0.2) is 0 Å². The first-order valence-electron chi connectivity index (χ1n) is 5.58. The van der Waals surface area contributed by atoms with Crippen molar-refractivity contribution in [3.8, 4) is 0 Å². The molecule has 0 bridgehead atoms. The van der Waals surface area contributed by atoms with Crippen LogP contribution in [0.1, 0.15) is 21.6 Å². The van der Waals surface area contributed by atoms with E-state index in [0.29, 0.717) is 9.26 Å². The summed E-state index contributed by atoms with van der Waals surface area (Å²) in [5, 5.41) is 17.0. The van der Waals surface area contributed by atoms with Crippen LogP contribution in [0.5, 0.6) is 0 Å². The van der Waals surface area contributed by atoms with Crippen LogP contribution in [0, 0.1) is 27.5 Å². The molecule has 7 nitrogen and oxygen atoms in total. The molecule has 1 heterocycles. The minimum Gasteiger partial charge on any atom is -0.338 e. The molecule has 2 rings (SSSR count). The highest BCUT2D eigenvalue weighted by atomic mass is 127. The molecule has 0 spiro atoms. The second-order valence-corrected chi connectivity index (χ2v) is 5.26. The Morgan fingerprint density at radius 3 is 2.70 bits per heavy atom. The standard InChI is InChI=1S/C12H10IN3O4/c1-6-7(2)15-20-12(6)14-11(17)9-5-8(16(18)19)3-4-10(9)13/h3-5H,1-2H3,(H,14,17). The number of nitro groups is 1. The van der Waals surface area contributed by atoms with Crippen molar-refractivity contribution in [1.29, 1.82) is 0 Å². The van der Waals surface area contributed by atoms with Gasteiger partial charge in [-0.3, -0.25) is 20.2 Å². The molecule has 104 valence electrons. The van der Waals surface area contributed by atoms with Gasteiger partial charge in [-0.1, -0.05) is 5.16 Å². The molecule has 0 radical (unpaired) electrons. The Labute approximate surface area is 127 Å². The number of carbonyl (C=O) groups is 1. The number of nitrogens with one attached hydrogen (secondary N) is 1. The highest BCUT2D eigenvalue weighted by molar-refractivity contribution is 14.1. The van der Waals surface area contributed by atoms with Gasteiger partial charge in [0.2, 0.25) is 5.88 Å². The molecule has 1 N–H and O–H groups in total. The van der Waals surface area contributed by atoms with Crippen molar-refractivity contribution in [3.05, 3.63) is 48.7 Å². The third-order valence-corrected chi connectivity index (χ3v) is 3.73. The van der Waals surface area contributed by atoms with Crippen molar-refractivity contribution >= 4 is 40.1 Å². The fourth-order valence-electron chi connectivity index (χ4n) is 1.50. The number of halogens is 1. The number of non-ortho nitro benzene ring substituents is 1. The maximum absolute atomic E-state index is 12.1. The van der Waals surface area contributed by atoms with Crippen molar-refractivity contribution in [1.82, 2.24) is 5.16 Å². The number of aromatic nitrogens is 1. The average molecular weight is 387 g/mol. The minimum atomic E-state index is -0.545. The van der Waals surface area contributed by atoms with Crippen LogP contribution >= 0.6 is 22.6 Å². The molecule has 1 aromatic heterocycles. The van der Waals surface area contributed by atoms with E-state index in [4.69, 9.17) is 4.52 Å². The van der Waals surface area contributed by atoms with Gasteiger partial charge in [0.1, 0.15) is 0 Å². The summed E-state index contributed by atoms with van der Waals surface area (Å²) >= 11 is 1.94. The first-order chi connectivity index (χ1) is 9.40. The van der Waals surface area contributed by atoms with Crippen molar-refractivity contribution in [2.24, 2.45) is 0 Å². The summed E-state index contributed by atoms with van der Waals surface area (Å²) in [7, 11) is 0. The lowest BCUT2D eigenvalue weighted by atomic mass is 10.2. The predicted molar refractivity (Wildman–Crippen MR) is 79.7 cm³/mol. The fourth-order valence-corrected chi connectivity index (χ4v) is 2.08. The molecule has 1 amide bonds. The number of hydrogen-bond donors (Lipinski definition) is 1. The van der Waals surface area contributed by atoms with E-state index in [1.54, 1.807) is 13.8 Å². The van der Waals surface area contributed by atoms with Gasteiger partial charge in [-0.05, 0) is 42.5 Å². The number of carbonyl (C=O) groups excluding carboxylic acids is 1. The van der Waals surface area contributed by atoms with Crippen LogP contribution in [0.15, 0.2) is 22.7 Å². The van der Waals surface area contributed by atoms with Gasteiger partial charge in [0.05, 0.1) is 16.2 Å². The van der Waals surface area contributed by atoms with Gasteiger partial charge in [-0.2, -0.15) is 0 Å². The topological polar surface area (TPSA) is 98.3 Å². The molecular weight excluding hydrogens is 377 g/mol. The third kappa shape index (κ3) is 2.79. The highest BCUT2D eigenvalue weighted by Gasteiger charge is 2.18. The molecule has 0 saturated carbocycles. The molecule has 0 atom stereocenters. The number of hydrogen-bond acceptors (Lipinski definition) is 5. The lowest BCUT2D eigenvalue weighted by Crippen LogP contribution is -2.14. The highest BCUT2D eigenvalue weighted by Crippen LogP contribution is 2.22. The van der Waals surface area contributed by atoms with E-state index in [-0.39, 0.29) is 17.1 Å². The number of rotatable bonds is 3. The number of benzene rings is 1. The Bertz CT molecular complexity index is 696. The summed E-state index contributed by atoms with van der Waals surface area (Å²) in [5.41, 5.74) is 1.47. The number of nitro benzene ring substituents is 1. The van der Waals surface area contributed by atoms with Crippen LogP contribution in [-0.4, -0.2) is 16.0 Å². The number of aryl methyl sites for hydroxylation is 1. The minimum absolute atomic E-state index is 0.138. The summed E-state index contributed by atoms with van der Waals surface area (Å²) in [5.74, 6) is -0.229. The van der Waals surface area contributed by atoms with E-state index >= 15 is 0 Å².